The lowest BCUT2D eigenvalue weighted by Crippen LogP contribution is -2.49. The number of aromatic amines is 1. The second kappa shape index (κ2) is 6.52. The van der Waals surface area contributed by atoms with Crippen LogP contribution in [0.15, 0.2) is 18.3 Å². The van der Waals surface area contributed by atoms with Crippen LogP contribution in [0.4, 0.5) is 4.79 Å². The van der Waals surface area contributed by atoms with Crippen molar-refractivity contribution in [3.63, 3.8) is 0 Å². The third-order valence-electron chi connectivity index (χ3n) is 3.65. The average molecular weight is 293 g/mol. The van der Waals surface area contributed by atoms with Crippen molar-refractivity contribution in [1.82, 2.24) is 15.2 Å². The van der Waals surface area contributed by atoms with Gasteiger partial charge in [-0.15, -0.1) is 0 Å². The maximum absolute atomic E-state index is 12.1. The van der Waals surface area contributed by atoms with Gasteiger partial charge in [0.2, 0.25) is 0 Å². The number of nitrogens with zero attached hydrogens (tertiary/aromatic N) is 1. The van der Waals surface area contributed by atoms with Crippen molar-refractivity contribution in [3.8, 4) is 0 Å². The fourth-order valence-corrected chi connectivity index (χ4v) is 2.66. The minimum absolute atomic E-state index is 0.207. The first-order valence-corrected chi connectivity index (χ1v) is 7.72. The van der Waals surface area contributed by atoms with Crippen LogP contribution in [0.25, 0.3) is 0 Å². The summed E-state index contributed by atoms with van der Waals surface area (Å²) in [6.45, 7) is 9.33. The molecule has 5 nitrogen and oxygen atoms in total. The van der Waals surface area contributed by atoms with E-state index in [-0.39, 0.29) is 12.1 Å². The van der Waals surface area contributed by atoms with Crippen molar-refractivity contribution >= 4 is 6.09 Å². The van der Waals surface area contributed by atoms with E-state index in [1.165, 1.54) is 5.69 Å². The van der Waals surface area contributed by atoms with E-state index < -0.39 is 5.60 Å². The molecule has 1 saturated heterocycles. The lowest BCUT2D eigenvalue weighted by atomic mass is 10.0. The smallest absolute Gasteiger partial charge is 0.410 e. The predicted molar refractivity (Wildman–Crippen MR) is 83.2 cm³/mol. The van der Waals surface area contributed by atoms with Crippen molar-refractivity contribution in [1.29, 1.82) is 0 Å². The number of carbonyl (C=O) groups is 1. The molecular formula is C16H27N3O2. The maximum atomic E-state index is 12.1. The highest BCUT2D eigenvalue weighted by Crippen LogP contribution is 2.18. The molecule has 1 fully saturated rings. The number of carbonyl (C=O) groups excluding carboxylic acids is 1. The minimum atomic E-state index is -0.436. The molecule has 0 saturated carbocycles. The third kappa shape index (κ3) is 4.77. The number of H-pyrrole nitrogens is 1. The molecule has 2 atom stereocenters. The lowest BCUT2D eigenvalue weighted by molar-refractivity contribution is 0.0184. The Kier molecular flexibility index (Phi) is 4.93. The van der Waals surface area contributed by atoms with Gasteiger partial charge in [0.1, 0.15) is 5.60 Å². The Morgan fingerprint density at radius 2 is 2.29 bits per heavy atom. The zero-order chi connectivity index (χ0) is 15.5. The number of rotatable bonds is 3. The molecule has 21 heavy (non-hydrogen) atoms. The van der Waals surface area contributed by atoms with Crippen molar-refractivity contribution in [2.75, 3.05) is 13.1 Å². The lowest BCUT2D eigenvalue weighted by Gasteiger charge is -2.35. The van der Waals surface area contributed by atoms with Gasteiger partial charge in [-0.1, -0.05) is 0 Å². The van der Waals surface area contributed by atoms with Crippen LogP contribution in [0.2, 0.25) is 0 Å². The fraction of sp³-hybridized carbons (Fsp3) is 0.688. The van der Waals surface area contributed by atoms with Crippen LogP contribution in [-0.2, 0) is 4.74 Å². The Morgan fingerprint density at radius 3 is 2.90 bits per heavy atom. The van der Waals surface area contributed by atoms with Gasteiger partial charge in [-0.25, -0.2) is 4.79 Å². The van der Waals surface area contributed by atoms with E-state index in [1.54, 1.807) is 0 Å². The summed E-state index contributed by atoms with van der Waals surface area (Å²) in [7, 11) is 0. The van der Waals surface area contributed by atoms with Crippen LogP contribution in [0.3, 0.4) is 0 Å². The van der Waals surface area contributed by atoms with Crippen LogP contribution in [0.5, 0.6) is 0 Å². The molecule has 0 radical (unpaired) electrons. The molecule has 1 aliphatic heterocycles. The van der Waals surface area contributed by atoms with Gasteiger partial charge >= 0.3 is 6.09 Å². The number of ether oxygens (including phenoxy) is 1. The number of hydrogen-bond acceptors (Lipinski definition) is 3. The normalized spacial score (nSPS) is 21.1. The molecule has 0 unspecified atom stereocenters. The van der Waals surface area contributed by atoms with Gasteiger partial charge in [0, 0.05) is 37.1 Å². The summed E-state index contributed by atoms with van der Waals surface area (Å²) in [5.74, 6) is 0. The Labute approximate surface area is 127 Å². The molecule has 1 aliphatic rings. The Hall–Kier alpha value is -1.49. The van der Waals surface area contributed by atoms with Gasteiger partial charge in [-0.2, -0.15) is 0 Å². The summed E-state index contributed by atoms with van der Waals surface area (Å²) in [6, 6.07) is 4.64. The Morgan fingerprint density at radius 1 is 1.52 bits per heavy atom. The topological polar surface area (TPSA) is 57.4 Å². The van der Waals surface area contributed by atoms with Gasteiger partial charge in [0.15, 0.2) is 0 Å². The number of nitrogens with one attached hydrogen (secondary N) is 2. The van der Waals surface area contributed by atoms with E-state index in [2.05, 4.69) is 23.3 Å². The monoisotopic (exact) mass is 293 g/mol. The number of hydrogen-bond donors (Lipinski definition) is 2. The van der Waals surface area contributed by atoms with E-state index in [0.717, 1.165) is 19.4 Å². The fourth-order valence-electron chi connectivity index (χ4n) is 2.66. The summed E-state index contributed by atoms with van der Waals surface area (Å²) in [6.07, 6.45) is 3.82. The standard InChI is InChI=1S/C16H27N3O2/c1-12(14-8-5-9-17-14)18-13-7-6-10-19(11-13)15(20)21-16(2,3)4/h5,8-9,12-13,17-18H,6-7,10-11H2,1-4H3/t12-,13-/m0/s1. The van der Waals surface area contributed by atoms with Crippen LogP contribution >= 0.6 is 0 Å². The van der Waals surface area contributed by atoms with Gasteiger partial charge in [-0.3, -0.25) is 0 Å². The molecule has 0 aliphatic carbocycles. The summed E-state index contributed by atoms with van der Waals surface area (Å²) >= 11 is 0. The molecule has 0 spiro atoms. The largest absolute Gasteiger partial charge is 0.444 e. The molecule has 1 aromatic heterocycles. The van der Waals surface area contributed by atoms with E-state index in [4.69, 9.17) is 4.74 Å². The SMILES string of the molecule is C[C@H](N[C@H]1CCCN(C(=O)OC(C)(C)C)C1)c1ccc[nH]1. The Balaban J connectivity index is 1.87. The number of aromatic nitrogens is 1. The zero-order valence-corrected chi connectivity index (χ0v) is 13.5. The number of likely N-dealkylation sites (tertiary alicyclic amines) is 1. The van der Waals surface area contributed by atoms with E-state index in [0.29, 0.717) is 12.6 Å². The third-order valence-corrected chi connectivity index (χ3v) is 3.65. The predicted octanol–water partition coefficient (Wildman–Crippen LogP) is 3.06. The quantitative estimate of drug-likeness (QED) is 0.900. The molecular weight excluding hydrogens is 266 g/mol. The molecule has 5 heteroatoms. The second-order valence-corrected chi connectivity index (χ2v) is 6.78. The van der Waals surface area contributed by atoms with Crippen molar-refractivity contribution in [3.05, 3.63) is 24.0 Å². The maximum Gasteiger partial charge on any atom is 0.410 e. The number of piperidine rings is 1. The van der Waals surface area contributed by atoms with Gasteiger partial charge in [0.05, 0.1) is 0 Å². The molecule has 0 bridgehead atoms. The van der Waals surface area contributed by atoms with Gasteiger partial charge < -0.3 is 19.9 Å². The summed E-state index contributed by atoms with van der Waals surface area (Å²) in [4.78, 5) is 17.2. The highest BCUT2D eigenvalue weighted by Gasteiger charge is 2.28. The highest BCUT2D eigenvalue weighted by atomic mass is 16.6. The van der Waals surface area contributed by atoms with Gasteiger partial charge in [-0.05, 0) is 52.7 Å². The van der Waals surface area contributed by atoms with Crippen molar-refractivity contribution in [2.45, 2.75) is 58.2 Å². The average Bonchev–Trinajstić information content (AvgIpc) is 2.91. The second-order valence-electron chi connectivity index (χ2n) is 6.78. The molecule has 2 rings (SSSR count). The molecule has 1 amide bonds. The summed E-state index contributed by atoms with van der Waals surface area (Å²) in [5, 5.41) is 3.59. The first-order chi connectivity index (χ1) is 9.85. The van der Waals surface area contributed by atoms with E-state index >= 15 is 0 Å². The van der Waals surface area contributed by atoms with Crippen molar-refractivity contribution < 1.29 is 9.53 Å². The number of amides is 1. The van der Waals surface area contributed by atoms with E-state index in [1.807, 2.05) is 37.9 Å². The zero-order valence-electron chi connectivity index (χ0n) is 13.5. The van der Waals surface area contributed by atoms with E-state index in [9.17, 15) is 4.79 Å². The summed E-state index contributed by atoms with van der Waals surface area (Å²) < 4.78 is 5.46. The van der Waals surface area contributed by atoms with Crippen molar-refractivity contribution in [2.24, 2.45) is 0 Å². The Bertz CT molecular complexity index is 451. The first-order valence-electron chi connectivity index (χ1n) is 7.72. The highest BCUT2D eigenvalue weighted by molar-refractivity contribution is 5.68. The molecule has 2 N–H and O–H groups in total. The van der Waals surface area contributed by atoms with Crippen LogP contribution in [0, 0.1) is 0 Å². The molecule has 2 heterocycles. The van der Waals surface area contributed by atoms with Crippen LogP contribution in [-0.4, -0.2) is 40.7 Å². The minimum Gasteiger partial charge on any atom is -0.444 e. The molecule has 1 aromatic rings. The molecule has 118 valence electrons. The first kappa shape index (κ1) is 15.9. The molecule has 0 aromatic carbocycles. The van der Waals surface area contributed by atoms with Gasteiger partial charge in [0.25, 0.3) is 0 Å². The van der Waals surface area contributed by atoms with Crippen LogP contribution < -0.4 is 5.32 Å². The van der Waals surface area contributed by atoms with Crippen LogP contribution in [0.1, 0.15) is 52.3 Å². The summed E-state index contributed by atoms with van der Waals surface area (Å²) in [5.41, 5.74) is 0.735.